The van der Waals surface area contributed by atoms with Gasteiger partial charge in [-0.1, -0.05) is 13.3 Å². The van der Waals surface area contributed by atoms with Crippen molar-refractivity contribution in [2.45, 2.75) is 32.0 Å². The van der Waals surface area contributed by atoms with Gasteiger partial charge in [-0.15, -0.1) is 0 Å². The summed E-state index contributed by atoms with van der Waals surface area (Å²) in [6.07, 6.45) is -2.42. The van der Waals surface area contributed by atoms with E-state index in [0.29, 0.717) is 26.2 Å². The van der Waals surface area contributed by atoms with Crippen LogP contribution >= 0.6 is 0 Å². The van der Waals surface area contributed by atoms with E-state index in [4.69, 9.17) is 5.26 Å². The lowest BCUT2D eigenvalue weighted by atomic mass is 10.1. The van der Waals surface area contributed by atoms with Gasteiger partial charge in [0.25, 0.3) is 0 Å². The zero-order valence-electron chi connectivity index (χ0n) is 10.0. The molecule has 1 aliphatic heterocycles. The zero-order valence-corrected chi connectivity index (χ0v) is 10.0. The van der Waals surface area contributed by atoms with Crippen LogP contribution in [0.1, 0.15) is 19.8 Å². The van der Waals surface area contributed by atoms with Crippen molar-refractivity contribution in [2.75, 3.05) is 32.7 Å². The van der Waals surface area contributed by atoms with Gasteiger partial charge >= 0.3 is 6.18 Å². The highest BCUT2D eigenvalue weighted by Gasteiger charge is 2.33. The Morgan fingerprint density at radius 3 is 2.24 bits per heavy atom. The molecule has 0 aromatic heterocycles. The molecular weight excluding hydrogens is 231 g/mol. The number of rotatable bonds is 4. The van der Waals surface area contributed by atoms with Crippen LogP contribution in [0.25, 0.3) is 0 Å². The quantitative estimate of drug-likeness (QED) is 0.762. The molecule has 1 atom stereocenters. The predicted molar refractivity (Wildman–Crippen MR) is 58.4 cm³/mol. The second kappa shape index (κ2) is 6.22. The van der Waals surface area contributed by atoms with Crippen molar-refractivity contribution in [2.24, 2.45) is 0 Å². The number of piperazine rings is 1. The topological polar surface area (TPSA) is 30.3 Å². The van der Waals surface area contributed by atoms with E-state index in [2.05, 4.69) is 6.07 Å². The van der Waals surface area contributed by atoms with Gasteiger partial charge in [-0.3, -0.25) is 9.80 Å². The Morgan fingerprint density at radius 2 is 1.82 bits per heavy atom. The first-order valence-corrected chi connectivity index (χ1v) is 5.89. The summed E-state index contributed by atoms with van der Waals surface area (Å²) in [6.45, 7) is 3.04. The molecule has 98 valence electrons. The number of hydrogen-bond acceptors (Lipinski definition) is 3. The zero-order chi connectivity index (χ0) is 12.9. The van der Waals surface area contributed by atoms with Gasteiger partial charge in [-0.05, 0) is 6.42 Å². The van der Waals surface area contributed by atoms with Gasteiger partial charge in [-0.25, -0.2) is 0 Å². The highest BCUT2D eigenvalue weighted by Crippen LogP contribution is 2.18. The van der Waals surface area contributed by atoms with Gasteiger partial charge < -0.3 is 0 Å². The van der Waals surface area contributed by atoms with Crippen molar-refractivity contribution in [1.82, 2.24) is 9.80 Å². The van der Waals surface area contributed by atoms with E-state index in [1.165, 1.54) is 4.90 Å². The molecule has 1 unspecified atom stereocenters. The van der Waals surface area contributed by atoms with Gasteiger partial charge in [0.15, 0.2) is 0 Å². The Morgan fingerprint density at radius 1 is 1.24 bits per heavy atom. The fraction of sp³-hybridized carbons (Fsp3) is 0.909. The smallest absolute Gasteiger partial charge is 0.292 e. The first-order valence-electron chi connectivity index (χ1n) is 5.89. The molecule has 0 bridgehead atoms. The summed E-state index contributed by atoms with van der Waals surface area (Å²) < 4.78 is 36.5. The van der Waals surface area contributed by atoms with Crippen molar-refractivity contribution >= 4 is 0 Å². The highest BCUT2D eigenvalue weighted by molar-refractivity contribution is 4.93. The Hall–Kier alpha value is -0.800. The number of nitriles is 1. The van der Waals surface area contributed by atoms with Crippen molar-refractivity contribution in [3.8, 4) is 6.07 Å². The molecule has 0 saturated carbocycles. The van der Waals surface area contributed by atoms with Crippen molar-refractivity contribution in [3.63, 3.8) is 0 Å². The maximum atomic E-state index is 12.2. The average molecular weight is 249 g/mol. The minimum Gasteiger partial charge on any atom is -0.292 e. The average Bonchev–Trinajstić information content (AvgIpc) is 2.25. The van der Waals surface area contributed by atoms with E-state index in [1.807, 2.05) is 11.8 Å². The second-order valence-electron chi connectivity index (χ2n) is 4.36. The lowest BCUT2D eigenvalue weighted by Gasteiger charge is -2.37. The first kappa shape index (κ1) is 14.3. The first-order chi connectivity index (χ1) is 7.96. The lowest BCUT2D eigenvalue weighted by Crippen LogP contribution is -2.51. The summed E-state index contributed by atoms with van der Waals surface area (Å²) in [5.74, 6) is 0. The Kier molecular flexibility index (Phi) is 5.22. The van der Waals surface area contributed by atoms with Crippen LogP contribution in [0.4, 0.5) is 13.2 Å². The molecule has 1 aliphatic rings. The van der Waals surface area contributed by atoms with Crippen molar-refractivity contribution in [1.29, 1.82) is 5.26 Å². The molecule has 0 aliphatic carbocycles. The van der Waals surface area contributed by atoms with E-state index in [1.54, 1.807) is 0 Å². The van der Waals surface area contributed by atoms with E-state index in [-0.39, 0.29) is 6.04 Å². The standard InChI is InChI=1S/C11H18F3N3/c1-2-3-10(8-15)17-6-4-16(5-7-17)9-11(12,13)14/h10H,2-7,9H2,1H3. The fourth-order valence-electron chi connectivity index (χ4n) is 2.09. The van der Waals surface area contributed by atoms with E-state index < -0.39 is 12.7 Å². The van der Waals surface area contributed by atoms with E-state index in [0.717, 1.165) is 12.8 Å². The molecule has 1 saturated heterocycles. The largest absolute Gasteiger partial charge is 0.401 e. The molecule has 0 spiro atoms. The monoisotopic (exact) mass is 249 g/mol. The molecule has 0 N–H and O–H groups in total. The summed E-state index contributed by atoms with van der Waals surface area (Å²) in [5, 5.41) is 8.98. The molecular formula is C11H18F3N3. The van der Waals surface area contributed by atoms with Gasteiger partial charge in [-0.2, -0.15) is 18.4 Å². The summed E-state index contributed by atoms with van der Waals surface area (Å²) >= 11 is 0. The molecule has 0 amide bonds. The van der Waals surface area contributed by atoms with Gasteiger partial charge in [0.1, 0.15) is 0 Å². The highest BCUT2D eigenvalue weighted by atomic mass is 19.4. The normalized spacial score (nSPS) is 21.1. The van der Waals surface area contributed by atoms with Crippen LogP contribution in [0.15, 0.2) is 0 Å². The van der Waals surface area contributed by atoms with Crippen molar-refractivity contribution in [3.05, 3.63) is 0 Å². The van der Waals surface area contributed by atoms with E-state index >= 15 is 0 Å². The van der Waals surface area contributed by atoms with Gasteiger partial charge in [0.05, 0.1) is 18.7 Å². The molecule has 1 rings (SSSR count). The predicted octanol–water partition coefficient (Wildman–Crippen LogP) is 1.86. The Bertz CT molecular complexity index is 264. The van der Waals surface area contributed by atoms with Crippen molar-refractivity contribution < 1.29 is 13.2 Å². The molecule has 17 heavy (non-hydrogen) atoms. The minimum absolute atomic E-state index is 0.145. The summed E-state index contributed by atoms with van der Waals surface area (Å²) in [7, 11) is 0. The number of nitrogens with zero attached hydrogens (tertiary/aromatic N) is 3. The third-order valence-corrected chi connectivity index (χ3v) is 2.96. The van der Waals surface area contributed by atoms with E-state index in [9.17, 15) is 13.2 Å². The molecule has 6 heteroatoms. The molecule has 0 aromatic carbocycles. The van der Waals surface area contributed by atoms with Crippen LogP contribution in [0, 0.1) is 11.3 Å². The molecule has 1 fully saturated rings. The third-order valence-electron chi connectivity index (χ3n) is 2.96. The Labute approximate surface area is 99.8 Å². The number of alkyl halides is 3. The van der Waals surface area contributed by atoms with Crippen LogP contribution in [0.3, 0.4) is 0 Å². The maximum Gasteiger partial charge on any atom is 0.401 e. The molecule has 0 radical (unpaired) electrons. The number of hydrogen-bond donors (Lipinski definition) is 0. The lowest BCUT2D eigenvalue weighted by molar-refractivity contribution is -0.149. The molecule has 0 aromatic rings. The molecule has 3 nitrogen and oxygen atoms in total. The van der Waals surface area contributed by atoms with Crippen LogP contribution in [0.2, 0.25) is 0 Å². The van der Waals surface area contributed by atoms with Crippen LogP contribution in [-0.2, 0) is 0 Å². The van der Waals surface area contributed by atoms with Gasteiger partial charge in [0, 0.05) is 26.2 Å². The number of halogens is 3. The SMILES string of the molecule is CCCC(C#N)N1CCN(CC(F)(F)F)CC1. The maximum absolute atomic E-state index is 12.2. The summed E-state index contributed by atoms with van der Waals surface area (Å²) in [4.78, 5) is 3.38. The van der Waals surface area contributed by atoms with Crippen LogP contribution in [0.5, 0.6) is 0 Å². The fourth-order valence-corrected chi connectivity index (χ4v) is 2.09. The minimum atomic E-state index is -4.12. The third kappa shape index (κ3) is 4.92. The molecule has 1 heterocycles. The Balaban J connectivity index is 2.37. The van der Waals surface area contributed by atoms with Gasteiger partial charge in [0.2, 0.25) is 0 Å². The summed E-state index contributed by atoms with van der Waals surface area (Å²) in [6, 6.07) is 2.08. The van der Waals surface area contributed by atoms with Crippen LogP contribution < -0.4 is 0 Å². The summed E-state index contributed by atoms with van der Waals surface area (Å²) in [5.41, 5.74) is 0. The second-order valence-corrected chi connectivity index (χ2v) is 4.36. The van der Waals surface area contributed by atoms with Crippen LogP contribution in [-0.4, -0.2) is 54.7 Å².